The molecule has 0 bridgehead atoms. The second-order valence-electron chi connectivity index (χ2n) is 7.10. The summed E-state index contributed by atoms with van der Waals surface area (Å²) in [4.78, 5) is 24.5. The molecule has 29 heavy (non-hydrogen) atoms. The number of methoxy groups -OCH3 is 1. The fourth-order valence-electron chi connectivity index (χ4n) is 3.58. The van der Waals surface area contributed by atoms with Gasteiger partial charge in [-0.15, -0.1) is 0 Å². The molecule has 1 aromatic carbocycles. The number of esters is 1. The smallest absolute Gasteiger partial charge is 0.339 e. The van der Waals surface area contributed by atoms with Gasteiger partial charge in [-0.2, -0.15) is 0 Å². The average molecular weight is 393 g/mol. The number of nitrogens with two attached hydrogens (primary N) is 1. The Morgan fingerprint density at radius 1 is 1.10 bits per heavy atom. The molecule has 3 aromatic rings. The Kier molecular flexibility index (Phi) is 5.41. The van der Waals surface area contributed by atoms with Crippen LogP contribution in [-0.4, -0.2) is 40.2 Å². The predicted molar refractivity (Wildman–Crippen MR) is 110 cm³/mol. The molecular weight excluding hydrogens is 370 g/mol. The summed E-state index contributed by atoms with van der Waals surface area (Å²) in [6.07, 6.45) is 8.67. The molecule has 1 fully saturated rings. The SMILES string of the molecule is COC(=O)c1ccc(NC2CCC(Oc3cc(N)cc4nccnc34)CC2)nc1. The Morgan fingerprint density at radius 3 is 2.62 bits per heavy atom. The van der Waals surface area contributed by atoms with Gasteiger partial charge in [0.25, 0.3) is 0 Å². The summed E-state index contributed by atoms with van der Waals surface area (Å²) in [5.41, 5.74) is 8.50. The van der Waals surface area contributed by atoms with Crippen LogP contribution in [0.4, 0.5) is 11.5 Å². The predicted octanol–water partition coefficient (Wildman–Crippen LogP) is 3.20. The van der Waals surface area contributed by atoms with E-state index in [4.69, 9.17) is 15.2 Å². The molecule has 0 amide bonds. The van der Waals surface area contributed by atoms with Crippen LogP contribution < -0.4 is 15.8 Å². The molecule has 0 aliphatic heterocycles. The second kappa shape index (κ2) is 8.30. The molecule has 1 saturated carbocycles. The van der Waals surface area contributed by atoms with Gasteiger partial charge in [0.1, 0.15) is 17.1 Å². The number of aromatic nitrogens is 3. The molecule has 3 N–H and O–H groups in total. The zero-order chi connectivity index (χ0) is 20.2. The standard InChI is InChI=1S/C21H23N5O3/c1-28-21(27)13-2-7-19(25-12-13)26-15-3-5-16(6-4-15)29-18-11-14(22)10-17-20(18)24-9-8-23-17/h2,7-12,15-16H,3-6,22H2,1H3,(H,25,26). The van der Waals surface area contributed by atoms with E-state index in [-0.39, 0.29) is 12.1 Å². The van der Waals surface area contributed by atoms with Gasteiger partial charge >= 0.3 is 5.97 Å². The molecule has 4 rings (SSSR count). The number of nitrogens with zero attached hydrogens (tertiary/aromatic N) is 3. The summed E-state index contributed by atoms with van der Waals surface area (Å²) in [6.45, 7) is 0. The average Bonchev–Trinajstić information content (AvgIpc) is 2.75. The van der Waals surface area contributed by atoms with Gasteiger partial charge in [-0.05, 0) is 43.9 Å². The molecule has 150 valence electrons. The van der Waals surface area contributed by atoms with Crippen LogP contribution in [0.1, 0.15) is 36.0 Å². The Morgan fingerprint density at radius 2 is 1.90 bits per heavy atom. The highest BCUT2D eigenvalue weighted by atomic mass is 16.5. The highest BCUT2D eigenvalue weighted by Crippen LogP contribution is 2.30. The summed E-state index contributed by atoms with van der Waals surface area (Å²) >= 11 is 0. The molecule has 0 saturated heterocycles. The third kappa shape index (κ3) is 4.37. The zero-order valence-corrected chi connectivity index (χ0v) is 16.2. The fraction of sp³-hybridized carbons (Fsp3) is 0.333. The van der Waals surface area contributed by atoms with E-state index in [0.29, 0.717) is 23.0 Å². The number of nitrogen functional groups attached to an aromatic ring is 1. The summed E-state index contributed by atoms with van der Waals surface area (Å²) in [5, 5.41) is 3.43. The minimum Gasteiger partial charge on any atom is -0.488 e. The van der Waals surface area contributed by atoms with E-state index in [1.807, 2.05) is 6.07 Å². The van der Waals surface area contributed by atoms with Crippen molar-refractivity contribution >= 4 is 28.5 Å². The van der Waals surface area contributed by atoms with Crippen LogP contribution in [-0.2, 0) is 4.74 Å². The maximum Gasteiger partial charge on any atom is 0.339 e. The lowest BCUT2D eigenvalue weighted by Gasteiger charge is -2.30. The van der Waals surface area contributed by atoms with E-state index >= 15 is 0 Å². The van der Waals surface area contributed by atoms with E-state index in [1.165, 1.54) is 13.3 Å². The number of hydrogen-bond acceptors (Lipinski definition) is 8. The van der Waals surface area contributed by atoms with Gasteiger partial charge in [0.15, 0.2) is 0 Å². The van der Waals surface area contributed by atoms with E-state index in [9.17, 15) is 4.79 Å². The lowest BCUT2D eigenvalue weighted by molar-refractivity contribution is 0.0600. The second-order valence-corrected chi connectivity index (χ2v) is 7.10. The van der Waals surface area contributed by atoms with Crippen molar-refractivity contribution in [2.45, 2.75) is 37.8 Å². The van der Waals surface area contributed by atoms with Crippen LogP contribution in [0.25, 0.3) is 11.0 Å². The van der Waals surface area contributed by atoms with Crippen molar-refractivity contribution in [1.82, 2.24) is 15.0 Å². The summed E-state index contributed by atoms with van der Waals surface area (Å²) in [6, 6.07) is 7.43. The van der Waals surface area contributed by atoms with E-state index in [0.717, 1.165) is 42.5 Å². The quantitative estimate of drug-likeness (QED) is 0.502. The van der Waals surface area contributed by atoms with Crippen molar-refractivity contribution < 1.29 is 14.3 Å². The van der Waals surface area contributed by atoms with Gasteiger partial charge in [0.05, 0.1) is 24.3 Å². The maximum absolute atomic E-state index is 11.5. The van der Waals surface area contributed by atoms with E-state index in [2.05, 4.69) is 20.3 Å². The summed E-state index contributed by atoms with van der Waals surface area (Å²) < 4.78 is 10.9. The first kappa shape index (κ1) is 18.9. The molecule has 0 atom stereocenters. The van der Waals surface area contributed by atoms with Crippen molar-refractivity contribution in [2.24, 2.45) is 0 Å². The number of ether oxygens (including phenoxy) is 2. The third-order valence-electron chi connectivity index (χ3n) is 5.07. The molecule has 2 heterocycles. The first-order valence-electron chi connectivity index (χ1n) is 9.60. The monoisotopic (exact) mass is 393 g/mol. The van der Waals surface area contributed by atoms with Gasteiger partial charge in [-0.25, -0.2) is 14.8 Å². The van der Waals surface area contributed by atoms with Crippen LogP contribution in [0.3, 0.4) is 0 Å². The summed E-state index contributed by atoms with van der Waals surface area (Å²) in [5.74, 6) is 1.05. The van der Waals surface area contributed by atoms with Crippen LogP contribution in [0.15, 0.2) is 42.9 Å². The van der Waals surface area contributed by atoms with Crippen molar-refractivity contribution in [3.05, 3.63) is 48.4 Å². The number of carbonyl (C=O) groups excluding carboxylic acids is 1. The number of hydrogen-bond donors (Lipinski definition) is 2. The van der Waals surface area contributed by atoms with Gasteiger partial charge in [0.2, 0.25) is 0 Å². The van der Waals surface area contributed by atoms with Gasteiger partial charge in [0, 0.05) is 36.4 Å². The van der Waals surface area contributed by atoms with Crippen molar-refractivity contribution in [1.29, 1.82) is 0 Å². The first-order valence-corrected chi connectivity index (χ1v) is 9.60. The number of anilines is 2. The number of pyridine rings is 1. The molecule has 1 aliphatic carbocycles. The largest absolute Gasteiger partial charge is 0.488 e. The first-order chi connectivity index (χ1) is 14.1. The molecule has 0 unspecified atom stereocenters. The van der Waals surface area contributed by atoms with Gasteiger partial charge in [-0.3, -0.25) is 4.98 Å². The van der Waals surface area contributed by atoms with Crippen molar-refractivity contribution in [3.63, 3.8) is 0 Å². The van der Waals surface area contributed by atoms with Crippen LogP contribution in [0, 0.1) is 0 Å². The molecule has 0 spiro atoms. The van der Waals surface area contributed by atoms with Crippen LogP contribution >= 0.6 is 0 Å². The van der Waals surface area contributed by atoms with Crippen molar-refractivity contribution in [2.75, 3.05) is 18.2 Å². The highest BCUT2D eigenvalue weighted by Gasteiger charge is 2.23. The normalized spacial score (nSPS) is 18.9. The lowest BCUT2D eigenvalue weighted by atomic mass is 9.93. The number of nitrogens with one attached hydrogen (secondary N) is 1. The molecule has 8 heteroatoms. The number of carbonyl (C=O) groups is 1. The third-order valence-corrected chi connectivity index (χ3v) is 5.07. The lowest BCUT2D eigenvalue weighted by Crippen LogP contribution is -2.31. The van der Waals surface area contributed by atoms with Crippen LogP contribution in [0.2, 0.25) is 0 Å². The zero-order valence-electron chi connectivity index (χ0n) is 16.2. The Bertz CT molecular complexity index is 1000. The Balaban J connectivity index is 1.35. The maximum atomic E-state index is 11.5. The van der Waals surface area contributed by atoms with Gasteiger partial charge in [-0.1, -0.05) is 0 Å². The number of rotatable bonds is 5. The molecule has 1 aliphatic rings. The van der Waals surface area contributed by atoms with E-state index in [1.54, 1.807) is 30.6 Å². The summed E-state index contributed by atoms with van der Waals surface area (Å²) in [7, 11) is 1.36. The van der Waals surface area contributed by atoms with Crippen molar-refractivity contribution in [3.8, 4) is 5.75 Å². The molecular formula is C21H23N5O3. The van der Waals surface area contributed by atoms with Crippen LogP contribution in [0.5, 0.6) is 5.75 Å². The molecule has 0 radical (unpaired) electrons. The van der Waals surface area contributed by atoms with Gasteiger partial charge < -0.3 is 20.5 Å². The minimum atomic E-state index is -0.388. The number of benzene rings is 1. The topological polar surface area (TPSA) is 112 Å². The minimum absolute atomic E-state index is 0.106. The Labute approximate surface area is 168 Å². The fourth-order valence-corrected chi connectivity index (χ4v) is 3.58. The highest BCUT2D eigenvalue weighted by molar-refractivity contribution is 5.89. The van der Waals surface area contributed by atoms with E-state index < -0.39 is 0 Å². The molecule has 8 nitrogen and oxygen atoms in total. The number of fused-ring (bicyclic) bond motifs is 1. The molecule has 2 aromatic heterocycles. The Hall–Kier alpha value is -3.42.